The fraction of sp³-hybridized carbons (Fsp3) is 0.269. The summed E-state index contributed by atoms with van der Waals surface area (Å²) >= 11 is 0. The Morgan fingerprint density at radius 3 is 2.33 bits per heavy atom. The van der Waals surface area contributed by atoms with Crippen LogP contribution in [0.4, 0.5) is 0 Å². The Kier molecular flexibility index (Phi) is 6.45. The van der Waals surface area contributed by atoms with Gasteiger partial charge in [0.15, 0.2) is 0 Å². The predicted molar refractivity (Wildman–Crippen MR) is 121 cm³/mol. The molecule has 0 spiro atoms. The highest BCUT2D eigenvalue weighted by atomic mass is 16.5. The molecule has 0 saturated carbocycles. The molecule has 1 saturated heterocycles. The van der Waals surface area contributed by atoms with Gasteiger partial charge in [0, 0.05) is 37.7 Å². The maximum atomic E-state index is 13.6. The van der Waals surface area contributed by atoms with E-state index in [0.717, 1.165) is 48.5 Å². The topological polar surface area (TPSA) is 32.8 Å². The molecule has 0 N–H and O–H groups in total. The van der Waals surface area contributed by atoms with Crippen LogP contribution in [0.25, 0.3) is 11.1 Å². The van der Waals surface area contributed by atoms with Crippen molar-refractivity contribution in [1.82, 2.24) is 9.80 Å². The predicted octanol–water partition coefficient (Wildman–Crippen LogP) is 4.58. The van der Waals surface area contributed by atoms with Gasteiger partial charge < -0.3 is 14.5 Å². The molecule has 1 atom stereocenters. The van der Waals surface area contributed by atoms with Crippen molar-refractivity contribution in [3.8, 4) is 16.9 Å². The highest BCUT2D eigenvalue weighted by Crippen LogP contribution is 2.26. The molecular weight excluding hydrogens is 372 g/mol. The first-order chi connectivity index (χ1) is 14.7. The molecule has 1 fully saturated rings. The van der Waals surface area contributed by atoms with Gasteiger partial charge in [-0.25, -0.2) is 0 Å². The first kappa shape index (κ1) is 20.2. The molecule has 4 heteroatoms. The summed E-state index contributed by atoms with van der Waals surface area (Å²) in [5, 5.41) is 0. The maximum absolute atomic E-state index is 13.6. The van der Waals surface area contributed by atoms with E-state index in [1.165, 1.54) is 0 Å². The number of hydrogen-bond acceptors (Lipinski definition) is 3. The molecule has 1 amide bonds. The Hall–Kier alpha value is -3.11. The summed E-state index contributed by atoms with van der Waals surface area (Å²) in [5.41, 5.74) is 2.82. The van der Waals surface area contributed by atoms with Crippen LogP contribution in [0.2, 0.25) is 0 Å². The zero-order valence-corrected chi connectivity index (χ0v) is 17.4. The van der Waals surface area contributed by atoms with Crippen LogP contribution in [0.3, 0.4) is 0 Å². The van der Waals surface area contributed by atoms with Crippen molar-refractivity contribution in [2.24, 2.45) is 0 Å². The molecule has 4 nitrogen and oxygen atoms in total. The molecular formula is C26H28N2O2. The summed E-state index contributed by atoms with van der Waals surface area (Å²) in [7, 11) is 2.12. The van der Waals surface area contributed by atoms with Gasteiger partial charge in [0.05, 0.1) is 6.61 Å². The minimum absolute atomic E-state index is 0.104. The second-order valence-corrected chi connectivity index (χ2v) is 7.78. The third-order valence-corrected chi connectivity index (χ3v) is 5.65. The average molecular weight is 401 g/mol. The first-order valence-electron chi connectivity index (χ1n) is 10.5. The van der Waals surface area contributed by atoms with E-state index in [1.807, 2.05) is 77.7 Å². The molecule has 4 rings (SSSR count). The van der Waals surface area contributed by atoms with Gasteiger partial charge in [-0.05, 0) is 36.4 Å². The van der Waals surface area contributed by atoms with Crippen LogP contribution in [0.15, 0.2) is 84.9 Å². The number of amides is 1. The number of benzene rings is 3. The lowest BCUT2D eigenvalue weighted by molar-refractivity contribution is 0.0457. The summed E-state index contributed by atoms with van der Waals surface area (Å²) in [6.45, 7) is 3.06. The number of carbonyl (C=O) groups is 1. The third-order valence-electron chi connectivity index (χ3n) is 5.65. The van der Waals surface area contributed by atoms with Crippen LogP contribution in [0.1, 0.15) is 16.8 Å². The van der Waals surface area contributed by atoms with E-state index in [4.69, 9.17) is 4.74 Å². The van der Waals surface area contributed by atoms with Gasteiger partial charge in [-0.2, -0.15) is 0 Å². The molecule has 154 valence electrons. The molecule has 0 aromatic heterocycles. The largest absolute Gasteiger partial charge is 0.494 e. The Bertz CT molecular complexity index is 959. The van der Waals surface area contributed by atoms with E-state index in [1.54, 1.807) is 0 Å². The van der Waals surface area contributed by atoms with Crippen molar-refractivity contribution in [3.63, 3.8) is 0 Å². The number of para-hydroxylation sites is 1. The van der Waals surface area contributed by atoms with E-state index in [0.29, 0.717) is 6.61 Å². The van der Waals surface area contributed by atoms with Gasteiger partial charge in [-0.1, -0.05) is 66.7 Å². The van der Waals surface area contributed by atoms with Crippen LogP contribution < -0.4 is 4.74 Å². The van der Waals surface area contributed by atoms with E-state index < -0.39 is 0 Å². The fourth-order valence-corrected chi connectivity index (χ4v) is 4.05. The Morgan fingerprint density at radius 1 is 0.900 bits per heavy atom. The van der Waals surface area contributed by atoms with Gasteiger partial charge in [-0.15, -0.1) is 0 Å². The fourth-order valence-electron chi connectivity index (χ4n) is 4.05. The van der Waals surface area contributed by atoms with Crippen molar-refractivity contribution in [1.29, 1.82) is 0 Å². The van der Waals surface area contributed by atoms with Gasteiger partial charge in [0.25, 0.3) is 5.91 Å². The van der Waals surface area contributed by atoms with Gasteiger partial charge >= 0.3 is 0 Å². The summed E-state index contributed by atoms with van der Waals surface area (Å²) in [4.78, 5) is 17.9. The molecule has 0 radical (unpaired) electrons. The normalized spacial score (nSPS) is 17.0. The summed E-state index contributed by atoms with van der Waals surface area (Å²) in [6, 6.07) is 28.0. The number of piperazine rings is 1. The van der Waals surface area contributed by atoms with E-state index in [9.17, 15) is 4.79 Å². The Morgan fingerprint density at radius 2 is 1.57 bits per heavy atom. The SMILES string of the molecule is CN1CCN(C(=O)c2ccccc2-c2ccccc2)C(CCOc2ccccc2)C1. The number of carbonyl (C=O) groups excluding carboxylic acids is 1. The number of ether oxygens (including phenoxy) is 1. The van der Waals surface area contributed by atoms with Crippen LogP contribution in [0.5, 0.6) is 5.75 Å². The first-order valence-corrected chi connectivity index (χ1v) is 10.5. The summed E-state index contributed by atoms with van der Waals surface area (Å²) < 4.78 is 5.91. The highest BCUT2D eigenvalue weighted by Gasteiger charge is 2.30. The zero-order valence-electron chi connectivity index (χ0n) is 17.4. The van der Waals surface area contributed by atoms with E-state index in [2.05, 4.69) is 24.1 Å². The summed E-state index contributed by atoms with van der Waals surface area (Å²) in [6.07, 6.45) is 0.804. The molecule has 0 aliphatic carbocycles. The van der Waals surface area contributed by atoms with Crippen LogP contribution in [-0.2, 0) is 0 Å². The minimum Gasteiger partial charge on any atom is -0.494 e. The highest BCUT2D eigenvalue weighted by molar-refractivity contribution is 6.01. The van der Waals surface area contributed by atoms with Gasteiger partial charge in [0.1, 0.15) is 5.75 Å². The maximum Gasteiger partial charge on any atom is 0.254 e. The Labute approximate surface area is 178 Å². The number of rotatable bonds is 6. The molecule has 1 unspecified atom stereocenters. The molecule has 30 heavy (non-hydrogen) atoms. The van der Waals surface area contributed by atoms with Crippen molar-refractivity contribution < 1.29 is 9.53 Å². The molecule has 1 aliphatic rings. The molecule has 1 heterocycles. The molecule has 0 bridgehead atoms. The second-order valence-electron chi connectivity index (χ2n) is 7.78. The Balaban J connectivity index is 1.51. The lowest BCUT2D eigenvalue weighted by Crippen LogP contribution is -2.54. The van der Waals surface area contributed by atoms with Crippen LogP contribution >= 0.6 is 0 Å². The lowest BCUT2D eigenvalue weighted by Gasteiger charge is -2.40. The van der Waals surface area contributed by atoms with Crippen molar-refractivity contribution >= 4 is 5.91 Å². The lowest BCUT2D eigenvalue weighted by atomic mass is 9.97. The summed E-state index contributed by atoms with van der Waals surface area (Å²) in [5.74, 6) is 0.973. The van der Waals surface area contributed by atoms with Crippen molar-refractivity contribution in [3.05, 3.63) is 90.5 Å². The van der Waals surface area contributed by atoms with Crippen molar-refractivity contribution in [2.75, 3.05) is 33.3 Å². The smallest absolute Gasteiger partial charge is 0.254 e. The quantitative estimate of drug-likeness (QED) is 0.607. The molecule has 1 aliphatic heterocycles. The van der Waals surface area contributed by atoms with Crippen LogP contribution in [0, 0.1) is 0 Å². The number of likely N-dealkylation sites (N-methyl/N-ethyl adjacent to an activating group) is 1. The van der Waals surface area contributed by atoms with Crippen molar-refractivity contribution in [2.45, 2.75) is 12.5 Å². The third kappa shape index (κ3) is 4.71. The van der Waals surface area contributed by atoms with Gasteiger partial charge in [-0.3, -0.25) is 4.79 Å². The second kappa shape index (κ2) is 9.59. The zero-order chi connectivity index (χ0) is 20.8. The molecule has 3 aromatic carbocycles. The average Bonchev–Trinajstić information content (AvgIpc) is 2.80. The van der Waals surface area contributed by atoms with E-state index in [-0.39, 0.29) is 11.9 Å². The molecule has 3 aromatic rings. The number of hydrogen-bond donors (Lipinski definition) is 0. The minimum atomic E-state index is 0.104. The van der Waals surface area contributed by atoms with Crippen LogP contribution in [-0.4, -0.2) is 55.0 Å². The standard InChI is InChI=1S/C26H28N2O2/c1-27-17-18-28(22(20-27)16-19-30-23-12-6-3-7-13-23)26(29)25-15-9-8-14-24(25)21-10-4-2-5-11-21/h2-15,22H,16-20H2,1H3. The monoisotopic (exact) mass is 400 g/mol. The number of nitrogens with zero attached hydrogens (tertiary/aromatic N) is 2. The van der Waals surface area contributed by atoms with Gasteiger partial charge in [0.2, 0.25) is 0 Å². The van der Waals surface area contributed by atoms with E-state index >= 15 is 0 Å².